The van der Waals surface area contributed by atoms with E-state index in [-0.39, 0.29) is 17.6 Å². The number of carbonyl (C=O) groups excluding carboxylic acids is 1. The molecule has 0 aliphatic carbocycles. The van der Waals surface area contributed by atoms with Crippen LogP contribution in [0.15, 0.2) is 73.1 Å². The minimum absolute atomic E-state index is 0.0238. The molecule has 0 saturated carbocycles. The van der Waals surface area contributed by atoms with Crippen LogP contribution in [0.1, 0.15) is 45.1 Å². The minimum atomic E-state index is -5.08. The Bertz CT molecular complexity index is 1780. The lowest BCUT2D eigenvalue weighted by Crippen LogP contribution is -2.21. The van der Waals surface area contributed by atoms with Crippen molar-refractivity contribution in [3.8, 4) is 0 Å². The monoisotopic (exact) mass is 681 g/mol. The van der Waals surface area contributed by atoms with E-state index in [2.05, 4.69) is 12.1 Å². The van der Waals surface area contributed by atoms with Gasteiger partial charge in [0.05, 0.1) is 12.2 Å². The van der Waals surface area contributed by atoms with Gasteiger partial charge in [0.1, 0.15) is 11.7 Å². The molecule has 0 saturated heterocycles. The first-order valence-electron chi connectivity index (χ1n) is 13.5. The SMILES string of the molecule is CCOC(=O)c1cn(Cc2ccc3ccc(C(=N)N)cc3c2)cc1Cc1ccc(C(=N)N)cc1.O=C(O)C(F)(F)F.O=C(O)C(F)(F)F. The summed E-state index contributed by atoms with van der Waals surface area (Å²) < 4.78 is 70.7. The topological polar surface area (TPSA) is 206 Å². The fourth-order valence-corrected chi connectivity index (χ4v) is 3.98. The van der Waals surface area contributed by atoms with Crippen molar-refractivity contribution in [1.29, 1.82) is 10.8 Å². The quantitative estimate of drug-likeness (QED) is 0.0622. The minimum Gasteiger partial charge on any atom is -0.475 e. The zero-order valence-electron chi connectivity index (χ0n) is 24.9. The molecule has 4 rings (SSSR count). The summed E-state index contributed by atoms with van der Waals surface area (Å²) in [5.41, 5.74) is 16.0. The Kier molecular flexibility index (Phi) is 12.9. The zero-order valence-corrected chi connectivity index (χ0v) is 24.9. The Morgan fingerprint density at radius 3 is 1.71 bits per heavy atom. The lowest BCUT2D eigenvalue weighted by Gasteiger charge is -2.07. The maximum atomic E-state index is 12.6. The van der Waals surface area contributed by atoms with E-state index in [1.54, 1.807) is 6.92 Å². The van der Waals surface area contributed by atoms with E-state index < -0.39 is 24.3 Å². The summed E-state index contributed by atoms with van der Waals surface area (Å²) >= 11 is 0. The number of halogens is 6. The van der Waals surface area contributed by atoms with Gasteiger partial charge in [0.25, 0.3) is 0 Å². The summed E-state index contributed by atoms with van der Waals surface area (Å²) in [5, 5.41) is 31.6. The van der Waals surface area contributed by atoms with Gasteiger partial charge in [0.2, 0.25) is 0 Å². The predicted octanol–water partition coefficient (Wildman–Crippen LogP) is 5.29. The fraction of sp³-hybridized carbons (Fsp3) is 0.194. The lowest BCUT2D eigenvalue weighted by atomic mass is 10.0. The Balaban J connectivity index is 0.000000479. The van der Waals surface area contributed by atoms with Gasteiger partial charge in [-0.05, 0) is 52.9 Å². The predicted molar refractivity (Wildman–Crippen MR) is 162 cm³/mol. The number of carboxylic acid groups (broad SMARTS) is 2. The van der Waals surface area contributed by atoms with Crippen molar-refractivity contribution in [2.45, 2.75) is 32.2 Å². The first-order valence-corrected chi connectivity index (χ1v) is 13.5. The number of nitrogens with zero attached hydrogens (tertiary/aromatic N) is 1. The van der Waals surface area contributed by atoms with Gasteiger partial charge in [-0.25, -0.2) is 14.4 Å². The van der Waals surface area contributed by atoms with Crippen molar-refractivity contribution in [3.63, 3.8) is 0 Å². The highest BCUT2D eigenvalue weighted by atomic mass is 19.4. The first-order chi connectivity index (χ1) is 22.2. The van der Waals surface area contributed by atoms with E-state index in [9.17, 15) is 31.1 Å². The van der Waals surface area contributed by atoms with Crippen LogP contribution in [0.25, 0.3) is 10.8 Å². The molecule has 1 aromatic heterocycles. The number of aromatic nitrogens is 1. The molecular weight excluding hydrogens is 652 g/mol. The largest absolute Gasteiger partial charge is 0.490 e. The molecule has 1 heterocycles. The third-order valence-electron chi connectivity index (χ3n) is 6.18. The number of nitrogen functional groups attached to an aromatic ring is 2. The van der Waals surface area contributed by atoms with E-state index >= 15 is 0 Å². The van der Waals surface area contributed by atoms with E-state index in [1.165, 1.54) is 0 Å². The molecule has 0 radical (unpaired) electrons. The summed E-state index contributed by atoms with van der Waals surface area (Å²) in [6, 6.07) is 19.3. The number of carbonyl (C=O) groups is 3. The van der Waals surface area contributed by atoms with Crippen LogP contribution < -0.4 is 11.5 Å². The van der Waals surface area contributed by atoms with Crippen LogP contribution in [0, 0.1) is 10.8 Å². The highest BCUT2D eigenvalue weighted by Gasteiger charge is 2.38. The highest BCUT2D eigenvalue weighted by Crippen LogP contribution is 2.22. The molecule has 0 fully saturated rings. The Morgan fingerprint density at radius 2 is 1.23 bits per heavy atom. The van der Waals surface area contributed by atoms with Crippen LogP contribution in [0.4, 0.5) is 26.3 Å². The summed E-state index contributed by atoms with van der Waals surface area (Å²) in [6.45, 7) is 2.68. The number of aliphatic carboxylic acids is 2. The van der Waals surface area contributed by atoms with Crippen molar-refractivity contribution >= 4 is 40.4 Å². The first kappa shape index (κ1) is 38.3. The van der Waals surface area contributed by atoms with Gasteiger partial charge in [-0.15, -0.1) is 0 Å². The van der Waals surface area contributed by atoms with Crippen molar-refractivity contribution < 1.29 is 55.7 Å². The molecule has 3 aromatic carbocycles. The zero-order chi connectivity index (χ0) is 36.4. The number of hydrogen-bond acceptors (Lipinski definition) is 6. The van der Waals surface area contributed by atoms with E-state index in [0.29, 0.717) is 36.3 Å². The average Bonchev–Trinajstić information content (AvgIpc) is 3.38. The number of nitrogens with one attached hydrogen (secondary N) is 2. The smallest absolute Gasteiger partial charge is 0.475 e. The van der Waals surface area contributed by atoms with Crippen molar-refractivity contribution in [3.05, 3.63) is 106 Å². The van der Waals surface area contributed by atoms with Gasteiger partial charge in [-0.1, -0.05) is 48.5 Å². The molecule has 0 aliphatic heterocycles. The van der Waals surface area contributed by atoms with Crippen molar-refractivity contribution in [2.24, 2.45) is 11.5 Å². The average molecular weight is 682 g/mol. The molecule has 0 bridgehead atoms. The van der Waals surface area contributed by atoms with Gasteiger partial charge in [-0.2, -0.15) is 26.3 Å². The Morgan fingerprint density at radius 1 is 0.750 bits per heavy atom. The Hall–Kier alpha value is -5.87. The van der Waals surface area contributed by atoms with Crippen LogP contribution in [0.2, 0.25) is 0 Å². The molecule has 256 valence electrons. The standard InChI is InChI=1S/C27H27N5O2.2C2HF3O2/c1-2-34-27(33)24-16-32(15-23(24)11-17-3-7-20(8-4-17)25(28)29)14-18-5-6-19-9-10-21(26(30)31)13-22(19)12-18;2*3-2(4,5)1(6)7/h3-10,12-13,15-16H,2,11,14H2,1H3,(H3,28,29)(H3,30,31);2*(H,6,7). The molecule has 0 spiro atoms. The molecule has 4 aromatic rings. The maximum absolute atomic E-state index is 12.6. The van der Waals surface area contributed by atoms with Gasteiger partial charge >= 0.3 is 30.3 Å². The summed E-state index contributed by atoms with van der Waals surface area (Å²) in [7, 11) is 0. The molecule has 0 unspecified atom stereocenters. The number of esters is 1. The number of carboxylic acids is 2. The Labute approximate surface area is 268 Å². The fourth-order valence-electron chi connectivity index (χ4n) is 3.98. The summed E-state index contributed by atoms with van der Waals surface area (Å²) in [4.78, 5) is 30.4. The second-order valence-corrected chi connectivity index (χ2v) is 9.79. The molecule has 0 amide bonds. The molecular formula is C31H29F6N5O6. The van der Waals surface area contributed by atoms with Crippen LogP contribution in [-0.2, 0) is 27.3 Å². The molecule has 0 aliphatic rings. The maximum Gasteiger partial charge on any atom is 0.490 e. The number of benzene rings is 3. The molecule has 11 nitrogen and oxygen atoms in total. The van der Waals surface area contributed by atoms with Gasteiger partial charge in [0, 0.05) is 30.1 Å². The van der Waals surface area contributed by atoms with Crippen LogP contribution in [0.5, 0.6) is 0 Å². The number of ether oxygens (including phenoxy) is 1. The summed E-state index contributed by atoms with van der Waals surface area (Å²) in [5.74, 6) is -5.80. The number of fused-ring (bicyclic) bond motifs is 1. The molecule has 17 heteroatoms. The lowest BCUT2D eigenvalue weighted by molar-refractivity contribution is -0.193. The third-order valence-corrected chi connectivity index (χ3v) is 6.18. The van der Waals surface area contributed by atoms with E-state index in [1.807, 2.05) is 65.5 Å². The van der Waals surface area contributed by atoms with Gasteiger partial charge in [0.15, 0.2) is 0 Å². The van der Waals surface area contributed by atoms with Crippen LogP contribution in [0.3, 0.4) is 0 Å². The number of nitrogens with two attached hydrogens (primary N) is 2. The normalized spacial score (nSPS) is 11.0. The van der Waals surface area contributed by atoms with Crippen molar-refractivity contribution in [2.75, 3.05) is 6.61 Å². The molecule has 48 heavy (non-hydrogen) atoms. The number of alkyl halides is 6. The highest BCUT2D eigenvalue weighted by molar-refractivity contribution is 5.99. The second-order valence-electron chi connectivity index (χ2n) is 9.79. The molecule has 0 atom stereocenters. The number of rotatable bonds is 8. The second kappa shape index (κ2) is 16.1. The third kappa shape index (κ3) is 11.5. The number of hydrogen-bond donors (Lipinski definition) is 6. The van der Waals surface area contributed by atoms with Gasteiger partial charge < -0.3 is 31.0 Å². The summed E-state index contributed by atoms with van der Waals surface area (Å²) in [6.07, 6.45) is -5.81. The number of amidine groups is 2. The van der Waals surface area contributed by atoms with Crippen LogP contribution in [-0.4, -0.2) is 63.3 Å². The van der Waals surface area contributed by atoms with Crippen molar-refractivity contribution in [1.82, 2.24) is 4.57 Å². The van der Waals surface area contributed by atoms with Crippen LogP contribution >= 0.6 is 0 Å². The van der Waals surface area contributed by atoms with Gasteiger partial charge in [-0.3, -0.25) is 10.8 Å². The van der Waals surface area contributed by atoms with E-state index in [0.717, 1.165) is 27.5 Å². The van der Waals surface area contributed by atoms with E-state index in [4.69, 9.17) is 46.8 Å². The molecule has 8 N–H and O–H groups in total.